The van der Waals surface area contributed by atoms with Crippen molar-refractivity contribution in [1.29, 1.82) is 0 Å². The Hall–Kier alpha value is -2.61. The summed E-state index contributed by atoms with van der Waals surface area (Å²) >= 11 is 0. The predicted octanol–water partition coefficient (Wildman–Crippen LogP) is 4.57. The highest BCUT2D eigenvalue weighted by Crippen LogP contribution is 2.39. The minimum atomic E-state index is -4.69. The van der Waals surface area contributed by atoms with Gasteiger partial charge in [-0.25, -0.2) is 8.42 Å². The van der Waals surface area contributed by atoms with Crippen molar-refractivity contribution in [2.75, 3.05) is 5.75 Å². The van der Waals surface area contributed by atoms with Crippen molar-refractivity contribution in [3.8, 4) is 0 Å². The number of carbonyl (C=O) groups excluding carboxylic acids is 1. The first kappa shape index (κ1) is 21.1. The van der Waals surface area contributed by atoms with E-state index >= 15 is 0 Å². The van der Waals surface area contributed by atoms with E-state index in [1.54, 1.807) is 24.3 Å². The van der Waals surface area contributed by atoms with Gasteiger partial charge in [0, 0.05) is 30.1 Å². The third kappa shape index (κ3) is 4.53. The highest BCUT2D eigenvalue weighted by Gasteiger charge is 2.44. The predicted molar refractivity (Wildman–Crippen MR) is 105 cm³/mol. The maximum Gasteiger partial charge on any atom is 0.397 e. The van der Waals surface area contributed by atoms with Crippen LogP contribution in [0.25, 0.3) is 10.9 Å². The largest absolute Gasteiger partial charge is 0.397 e. The monoisotopic (exact) mass is 423 g/mol. The van der Waals surface area contributed by atoms with Gasteiger partial charge in [-0.05, 0) is 37.3 Å². The molecule has 154 valence electrons. The van der Waals surface area contributed by atoms with E-state index in [0.29, 0.717) is 10.9 Å². The Labute approximate surface area is 166 Å². The highest BCUT2D eigenvalue weighted by molar-refractivity contribution is 7.92. The van der Waals surface area contributed by atoms with Crippen LogP contribution in [0.15, 0.2) is 59.5 Å². The molecule has 0 aliphatic heterocycles. The number of sulfone groups is 1. The zero-order valence-electron chi connectivity index (χ0n) is 15.9. The molecule has 1 atom stereocenters. The topological polar surface area (TPSA) is 56.1 Å². The van der Waals surface area contributed by atoms with E-state index in [0.717, 1.165) is 5.56 Å². The van der Waals surface area contributed by atoms with Gasteiger partial charge in [0.1, 0.15) is 17.5 Å². The van der Waals surface area contributed by atoms with Gasteiger partial charge < -0.3 is 4.57 Å². The Morgan fingerprint density at radius 3 is 2.34 bits per heavy atom. The summed E-state index contributed by atoms with van der Waals surface area (Å²) in [5, 5.41) is 0.640. The molecule has 8 heteroatoms. The van der Waals surface area contributed by atoms with Gasteiger partial charge in [0.15, 0.2) is 9.84 Å². The molecule has 1 heterocycles. The fourth-order valence-electron chi connectivity index (χ4n) is 3.42. The summed E-state index contributed by atoms with van der Waals surface area (Å²) in [6.45, 7) is 1.84. The lowest BCUT2D eigenvalue weighted by Gasteiger charge is -2.21. The number of Topliss-reactive ketones (excluding diaryl/α,β-unsaturated/α-hetero) is 1. The Morgan fingerprint density at radius 1 is 1.07 bits per heavy atom. The molecular weight excluding hydrogens is 403 g/mol. The standard InChI is InChI=1S/C21H20F3NO3S/c1-14-8-9-19-15(10-14)11-20(25(19)2)18(21(22,23)24)12-16(26)13-29(27,28)17-6-4-3-5-7-17/h3-11,18H,12-13H2,1-2H3/t18-/m0/s1. The molecule has 2 aromatic carbocycles. The minimum absolute atomic E-state index is 0.0661. The van der Waals surface area contributed by atoms with Gasteiger partial charge >= 0.3 is 6.18 Å². The van der Waals surface area contributed by atoms with Crippen LogP contribution < -0.4 is 0 Å². The fraction of sp³-hybridized carbons (Fsp3) is 0.286. The lowest BCUT2D eigenvalue weighted by Crippen LogP contribution is -2.28. The van der Waals surface area contributed by atoms with Crippen LogP contribution in [0, 0.1) is 6.92 Å². The molecule has 3 rings (SSSR count). The van der Waals surface area contributed by atoms with Crippen molar-refractivity contribution < 1.29 is 26.4 Å². The van der Waals surface area contributed by atoms with Crippen molar-refractivity contribution in [3.63, 3.8) is 0 Å². The molecule has 4 nitrogen and oxygen atoms in total. The lowest BCUT2D eigenvalue weighted by atomic mass is 9.98. The van der Waals surface area contributed by atoms with E-state index in [-0.39, 0.29) is 10.6 Å². The SMILES string of the molecule is Cc1ccc2c(c1)cc([C@H](CC(=O)CS(=O)(=O)c1ccccc1)C(F)(F)F)n2C. The molecule has 0 aliphatic rings. The Morgan fingerprint density at radius 2 is 1.72 bits per heavy atom. The molecule has 0 aliphatic carbocycles. The lowest BCUT2D eigenvalue weighted by molar-refractivity contribution is -0.157. The molecule has 0 unspecified atom stereocenters. The second-order valence-corrected chi connectivity index (χ2v) is 9.09. The van der Waals surface area contributed by atoms with E-state index in [2.05, 4.69) is 0 Å². The summed E-state index contributed by atoms with van der Waals surface area (Å²) in [5.41, 5.74) is 1.45. The second kappa shape index (κ2) is 7.67. The first-order chi connectivity index (χ1) is 13.5. The van der Waals surface area contributed by atoms with E-state index < -0.39 is 39.9 Å². The number of aryl methyl sites for hydroxylation is 2. The number of benzene rings is 2. The van der Waals surface area contributed by atoms with Crippen molar-refractivity contribution >= 4 is 26.5 Å². The molecule has 1 aromatic heterocycles. The molecule has 29 heavy (non-hydrogen) atoms. The molecule has 0 amide bonds. The van der Waals surface area contributed by atoms with Crippen molar-refractivity contribution in [3.05, 3.63) is 65.9 Å². The number of alkyl halides is 3. The van der Waals surface area contributed by atoms with Crippen LogP contribution in [-0.2, 0) is 21.7 Å². The summed E-state index contributed by atoms with van der Waals surface area (Å²) in [5.74, 6) is -4.02. The number of nitrogens with zero attached hydrogens (tertiary/aromatic N) is 1. The average Bonchev–Trinajstić information content (AvgIpc) is 2.94. The Bertz CT molecular complexity index is 1150. The highest BCUT2D eigenvalue weighted by atomic mass is 32.2. The van der Waals surface area contributed by atoms with Gasteiger partial charge in [-0.3, -0.25) is 4.79 Å². The maximum atomic E-state index is 13.8. The van der Waals surface area contributed by atoms with Crippen LogP contribution in [-0.4, -0.2) is 30.7 Å². The molecule has 0 saturated carbocycles. The van der Waals surface area contributed by atoms with Crippen LogP contribution in [0.3, 0.4) is 0 Å². The number of rotatable bonds is 6. The van der Waals surface area contributed by atoms with Crippen molar-refractivity contribution in [2.45, 2.75) is 30.3 Å². The summed E-state index contributed by atoms with van der Waals surface area (Å²) in [4.78, 5) is 12.3. The van der Waals surface area contributed by atoms with Crippen molar-refractivity contribution in [2.24, 2.45) is 7.05 Å². The first-order valence-corrected chi connectivity index (χ1v) is 10.6. The van der Waals surface area contributed by atoms with Crippen LogP contribution in [0.5, 0.6) is 0 Å². The van der Waals surface area contributed by atoms with Crippen molar-refractivity contribution in [1.82, 2.24) is 4.57 Å². The smallest absolute Gasteiger partial charge is 0.347 e. The molecule has 0 radical (unpaired) electrons. The molecular formula is C21H20F3NO3S. The fourth-order valence-corrected chi connectivity index (χ4v) is 4.70. The number of ketones is 1. The summed E-state index contributed by atoms with van der Waals surface area (Å²) < 4.78 is 67.5. The van der Waals surface area contributed by atoms with Gasteiger partial charge in [0.25, 0.3) is 0 Å². The Kier molecular flexibility index (Phi) is 5.58. The third-order valence-corrected chi connectivity index (χ3v) is 6.56. The zero-order chi connectivity index (χ0) is 21.4. The minimum Gasteiger partial charge on any atom is -0.347 e. The van der Waals surface area contributed by atoms with Crippen LogP contribution in [0.2, 0.25) is 0 Å². The van der Waals surface area contributed by atoms with Gasteiger partial charge in [-0.15, -0.1) is 0 Å². The van der Waals surface area contributed by atoms with E-state index in [1.165, 1.54) is 41.9 Å². The zero-order valence-corrected chi connectivity index (χ0v) is 16.7. The number of hydrogen-bond acceptors (Lipinski definition) is 3. The van der Waals surface area contributed by atoms with Gasteiger partial charge in [-0.1, -0.05) is 29.8 Å². The molecule has 0 saturated heterocycles. The normalized spacial score (nSPS) is 13.6. The Balaban J connectivity index is 1.91. The molecule has 0 N–H and O–H groups in total. The summed E-state index contributed by atoms with van der Waals surface area (Å²) in [6.07, 6.45) is -5.62. The molecule has 0 spiro atoms. The number of hydrogen-bond donors (Lipinski definition) is 0. The number of carbonyl (C=O) groups is 1. The van der Waals surface area contributed by atoms with E-state index in [4.69, 9.17) is 0 Å². The number of fused-ring (bicyclic) bond motifs is 1. The van der Waals surface area contributed by atoms with Crippen LogP contribution >= 0.6 is 0 Å². The van der Waals surface area contributed by atoms with Gasteiger partial charge in [-0.2, -0.15) is 13.2 Å². The molecule has 0 bridgehead atoms. The maximum absolute atomic E-state index is 13.8. The average molecular weight is 423 g/mol. The third-order valence-electron chi connectivity index (χ3n) is 4.87. The summed E-state index contributed by atoms with van der Waals surface area (Å²) in [7, 11) is -2.49. The quantitative estimate of drug-likeness (QED) is 0.584. The molecule has 0 fully saturated rings. The van der Waals surface area contributed by atoms with Gasteiger partial charge in [0.05, 0.1) is 4.90 Å². The van der Waals surface area contributed by atoms with E-state index in [9.17, 15) is 26.4 Å². The van der Waals surface area contributed by atoms with Gasteiger partial charge in [0.2, 0.25) is 0 Å². The van der Waals surface area contributed by atoms with Crippen LogP contribution in [0.1, 0.15) is 23.6 Å². The summed E-state index contributed by atoms with van der Waals surface area (Å²) in [6, 6.07) is 13.9. The second-order valence-electron chi connectivity index (χ2n) is 7.10. The number of aromatic nitrogens is 1. The van der Waals surface area contributed by atoms with E-state index in [1.807, 2.05) is 6.92 Å². The number of halogens is 3. The molecule has 3 aromatic rings. The first-order valence-electron chi connectivity index (χ1n) is 8.91. The van der Waals surface area contributed by atoms with Crippen LogP contribution in [0.4, 0.5) is 13.2 Å².